The molecule has 2 heterocycles. The summed E-state index contributed by atoms with van der Waals surface area (Å²) in [6, 6.07) is -0.790. The van der Waals surface area contributed by atoms with Crippen LogP contribution in [0.5, 0.6) is 0 Å². The van der Waals surface area contributed by atoms with E-state index < -0.39 is 12.1 Å². The average molecular weight is 374 g/mol. The Morgan fingerprint density at radius 3 is 3.05 bits per heavy atom. The van der Waals surface area contributed by atoms with E-state index in [-0.39, 0.29) is 44.2 Å². The summed E-state index contributed by atoms with van der Waals surface area (Å²) in [5, 5.41) is 11.9. The highest BCUT2D eigenvalue weighted by Gasteiger charge is 2.40. The number of carbonyl (C=O) groups is 2. The fourth-order valence-electron chi connectivity index (χ4n) is 2.33. The number of carboxylic acid groups (broad SMARTS) is 1. The van der Waals surface area contributed by atoms with Crippen LogP contribution in [0.2, 0.25) is 0 Å². The molecule has 1 saturated heterocycles. The summed E-state index contributed by atoms with van der Waals surface area (Å²) in [5.74, 6) is 1.95. The molecule has 0 aliphatic carbocycles. The molecular formula is C13H16BrN3O5. The van der Waals surface area contributed by atoms with Crippen LogP contribution < -0.4 is 10.8 Å². The summed E-state index contributed by atoms with van der Waals surface area (Å²) in [6.07, 6.45) is 5.30. The standard InChI is InChI=1S/C13H16BrN3O5/c1-2-3-21-9-4-10(17(7-9)13(19)20)12(18)15-6-8-5-11(14)16-22-8/h1,5,8-10,16H,3-4,6-7H2,(H,15,18)(H,19,20). The van der Waals surface area contributed by atoms with E-state index in [4.69, 9.17) is 16.0 Å². The van der Waals surface area contributed by atoms with Crippen molar-refractivity contribution in [1.29, 1.82) is 0 Å². The number of nitrogens with zero attached hydrogens (tertiary/aromatic N) is 1. The lowest BCUT2D eigenvalue weighted by atomic mass is 10.2. The van der Waals surface area contributed by atoms with E-state index in [0.717, 1.165) is 4.90 Å². The second kappa shape index (κ2) is 7.49. The Balaban J connectivity index is 1.89. The van der Waals surface area contributed by atoms with Crippen LogP contribution in [0, 0.1) is 12.3 Å². The maximum absolute atomic E-state index is 12.2. The van der Waals surface area contributed by atoms with Crippen molar-refractivity contribution in [1.82, 2.24) is 15.7 Å². The van der Waals surface area contributed by atoms with E-state index in [1.165, 1.54) is 0 Å². The van der Waals surface area contributed by atoms with Crippen molar-refractivity contribution in [3.63, 3.8) is 0 Å². The predicted octanol–water partition coefficient (Wildman–Crippen LogP) is 0.0130. The highest BCUT2D eigenvalue weighted by Crippen LogP contribution is 2.21. The van der Waals surface area contributed by atoms with Crippen molar-refractivity contribution < 1.29 is 24.3 Å². The molecule has 2 rings (SSSR count). The number of hydrogen-bond acceptors (Lipinski definition) is 5. The monoisotopic (exact) mass is 373 g/mol. The highest BCUT2D eigenvalue weighted by molar-refractivity contribution is 9.11. The zero-order valence-electron chi connectivity index (χ0n) is 11.6. The number of carbonyl (C=O) groups excluding carboxylic acids is 1. The third-order valence-corrected chi connectivity index (χ3v) is 3.76. The van der Waals surface area contributed by atoms with Gasteiger partial charge in [0, 0.05) is 6.42 Å². The quantitative estimate of drug-likeness (QED) is 0.463. The molecule has 22 heavy (non-hydrogen) atoms. The molecule has 8 nitrogen and oxygen atoms in total. The molecule has 9 heteroatoms. The van der Waals surface area contributed by atoms with Crippen molar-refractivity contribution >= 4 is 27.9 Å². The van der Waals surface area contributed by atoms with Crippen LogP contribution in [0.1, 0.15) is 6.42 Å². The van der Waals surface area contributed by atoms with Gasteiger partial charge in [0.15, 0.2) is 0 Å². The summed E-state index contributed by atoms with van der Waals surface area (Å²) in [7, 11) is 0. The van der Waals surface area contributed by atoms with Gasteiger partial charge in [0.1, 0.15) is 23.4 Å². The molecule has 2 aliphatic rings. The molecule has 3 unspecified atom stereocenters. The minimum Gasteiger partial charge on any atom is -0.465 e. The van der Waals surface area contributed by atoms with Gasteiger partial charge in [-0.1, -0.05) is 5.92 Å². The number of nitrogens with one attached hydrogen (secondary N) is 2. The molecule has 3 atom stereocenters. The van der Waals surface area contributed by atoms with Crippen LogP contribution in [-0.2, 0) is 14.4 Å². The average Bonchev–Trinajstić information content (AvgIpc) is 3.09. The van der Waals surface area contributed by atoms with Gasteiger partial charge in [0.25, 0.3) is 0 Å². The molecule has 120 valence electrons. The fraction of sp³-hybridized carbons (Fsp3) is 0.538. The first kappa shape index (κ1) is 16.6. The van der Waals surface area contributed by atoms with Crippen molar-refractivity contribution in [3.8, 4) is 12.3 Å². The second-order valence-electron chi connectivity index (χ2n) is 4.84. The molecule has 2 amide bonds. The molecule has 3 N–H and O–H groups in total. The lowest BCUT2D eigenvalue weighted by Crippen LogP contribution is -2.47. The highest BCUT2D eigenvalue weighted by atomic mass is 79.9. The van der Waals surface area contributed by atoms with Crippen LogP contribution in [0.3, 0.4) is 0 Å². The zero-order chi connectivity index (χ0) is 16.1. The van der Waals surface area contributed by atoms with Crippen LogP contribution in [0.25, 0.3) is 0 Å². The Hall–Kier alpha value is -1.76. The lowest BCUT2D eigenvalue weighted by molar-refractivity contribution is -0.125. The van der Waals surface area contributed by atoms with Gasteiger partial charge in [-0.25, -0.2) is 4.79 Å². The van der Waals surface area contributed by atoms with Crippen molar-refractivity contribution in [2.45, 2.75) is 24.7 Å². The van der Waals surface area contributed by atoms with Crippen molar-refractivity contribution in [3.05, 3.63) is 10.7 Å². The number of hydroxylamine groups is 1. The molecule has 0 spiro atoms. The molecule has 0 aromatic rings. The van der Waals surface area contributed by atoms with Gasteiger partial charge in [0.05, 0.1) is 19.2 Å². The number of amides is 2. The normalized spacial score (nSPS) is 27.0. The van der Waals surface area contributed by atoms with Gasteiger partial charge >= 0.3 is 6.09 Å². The van der Waals surface area contributed by atoms with E-state index in [0.29, 0.717) is 4.61 Å². The summed E-state index contributed by atoms with van der Waals surface area (Å²) in [6.45, 7) is 0.454. The molecule has 0 saturated carbocycles. The Morgan fingerprint density at radius 1 is 1.68 bits per heavy atom. The third-order valence-electron chi connectivity index (χ3n) is 3.33. The Morgan fingerprint density at radius 2 is 2.45 bits per heavy atom. The summed E-state index contributed by atoms with van der Waals surface area (Å²) in [5.41, 5.74) is 2.60. The van der Waals surface area contributed by atoms with E-state index >= 15 is 0 Å². The van der Waals surface area contributed by atoms with Gasteiger partial charge in [-0.15, -0.1) is 6.42 Å². The molecule has 0 aromatic heterocycles. The minimum absolute atomic E-state index is 0.0901. The van der Waals surface area contributed by atoms with Crippen LogP contribution >= 0.6 is 15.9 Å². The first-order valence-electron chi connectivity index (χ1n) is 6.62. The topological polar surface area (TPSA) is 100 Å². The SMILES string of the molecule is C#CCOC1CC(C(=O)NCC2C=C(Br)NO2)N(C(=O)O)C1. The third kappa shape index (κ3) is 4.13. The van der Waals surface area contributed by atoms with Crippen molar-refractivity contribution in [2.24, 2.45) is 0 Å². The van der Waals surface area contributed by atoms with E-state index in [2.05, 4.69) is 32.6 Å². The minimum atomic E-state index is -1.16. The molecule has 0 aromatic carbocycles. The van der Waals surface area contributed by atoms with Crippen LogP contribution in [-0.4, -0.2) is 60.0 Å². The molecular weight excluding hydrogens is 358 g/mol. The summed E-state index contributed by atoms with van der Waals surface area (Å²) < 4.78 is 6.02. The van der Waals surface area contributed by atoms with Gasteiger partial charge in [-0.3, -0.25) is 20.0 Å². The van der Waals surface area contributed by atoms with Gasteiger partial charge in [-0.05, 0) is 22.0 Å². The Bertz CT molecular complexity index is 518. The number of rotatable bonds is 5. The lowest BCUT2D eigenvalue weighted by Gasteiger charge is -2.20. The van der Waals surface area contributed by atoms with Crippen LogP contribution in [0.4, 0.5) is 4.79 Å². The predicted molar refractivity (Wildman–Crippen MR) is 79.7 cm³/mol. The summed E-state index contributed by atoms with van der Waals surface area (Å²) >= 11 is 3.21. The smallest absolute Gasteiger partial charge is 0.408 e. The second-order valence-corrected chi connectivity index (χ2v) is 5.70. The Kier molecular flexibility index (Phi) is 5.65. The first-order chi connectivity index (χ1) is 10.5. The van der Waals surface area contributed by atoms with Gasteiger partial charge in [-0.2, -0.15) is 0 Å². The number of terminal acetylenes is 1. The molecule has 2 aliphatic heterocycles. The van der Waals surface area contributed by atoms with E-state index in [9.17, 15) is 14.7 Å². The number of likely N-dealkylation sites (tertiary alicyclic amines) is 1. The molecule has 0 bridgehead atoms. The fourth-order valence-corrected chi connectivity index (χ4v) is 2.72. The summed E-state index contributed by atoms with van der Waals surface area (Å²) in [4.78, 5) is 29.6. The maximum atomic E-state index is 12.2. The van der Waals surface area contributed by atoms with E-state index in [1.807, 2.05) is 0 Å². The molecule has 1 fully saturated rings. The van der Waals surface area contributed by atoms with Crippen molar-refractivity contribution in [2.75, 3.05) is 19.7 Å². The number of hydrogen-bond donors (Lipinski definition) is 3. The molecule has 0 radical (unpaired) electrons. The van der Waals surface area contributed by atoms with E-state index in [1.54, 1.807) is 6.08 Å². The zero-order valence-corrected chi connectivity index (χ0v) is 13.2. The maximum Gasteiger partial charge on any atom is 0.408 e. The largest absolute Gasteiger partial charge is 0.465 e. The number of ether oxygens (including phenoxy) is 1. The number of halogens is 1. The first-order valence-corrected chi connectivity index (χ1v) is 7.42. The van der Waals surface area contributed by atoms with Gasteiger partial charge in [0.2, 0.25) is 5.91 Å². The van der Waals surface area contributed by atoms with Gasteiger partial charge < -0.3 is 15.2 Å². The van der Waals surface area contributed by atoms with Crippen LogP contribution in [0.15, 0.2) is 10.7 Å². The Labute approximate surface area is 135 Å².